The van der Waals surface area contributed by atoms with Gasteiger partial charge < -0.3 is 15.6 Å². The van der Waals surface area contributed by atoms with E-state index in [-0.39, 0.29) is 27.9 Å². The molecule has 3 rings (SSSR count). The van der Waals surface area contributed by atoms with Crippen molar-refractivity contribution >= 4 is 32.7 Å². The van der Waals surface area contributed by atoms with Crippen LogP contribution in [0.15, 0.2) is 48.5 Å². The number of aromatic amines is 1. The number of nitrogens with zero attached hydrogens (tertiary/aromatic N) is 1. The average molecular weight is 482 g/mol. The lowest BCUT2D eigenvalue weighted by Crippen LogP contribution is -2.54. The highest BCUT2D eigenvalue weighted by Crippen LogP contribution is 2.33. The number of sulfone groups is 1. The van der Waals surface area contributed by atoms with Crippen molar-refractivity contribution < 1.29 is 31.2 Å². The minimum absolute atomic E-state index is 0.0553. The highest BCUT2D eigenvalue weighted by atomic mass is 32.2. The number of halogens is 3. The molecule has 0 fully saturated rings. The number of rotatable bonds is 7. The van der Waals surface area contributed by atoms with Crippen LogP contribution in [0.5, 0.6) is 0 Å². The van der Waals surface area contributed by atoms with Crippen LogP contribution >= 0.6 is 0 Å². The van der Waals surface area contributed by atoms with Gasteiger partial charge in [-0.3, -0.25) is 9.59 Å². The molecule has 12 heteroatoms. The predicted molar refractivity (Wildman–Crippen MR) is 115 cm³/mol. The number of aromatic nitrogens is 2. The second-order valence-corrected chi connectivity index (χ2v) is 9.72. The summed E-state index contributed by atoms with van der Waals surface area (Å²) in [5.74, 6) is -3.12. The molecule has 0 aliphatic heterocycles. The lowest BCUT2D eigenvalue weighted by atomic mass is 10.0. The fourth-order valence-electron chi connectivity index (χ4n) is 3.39. The summed E-state index contributed by atoms with van der Waals surface area (Å²) in [6, 6.07) is 11.3. The molecule has 0 bridgehead atoms. The van der Waals surface area contributed by atoms with Gasteiger partial charge >= 0.3 is 6.18 Å². The van der Waals surface area contributed by atoms with Crippen molar-refractivity contribution in [1.82, 2.24) is 20.6 Å². The van der Waals surface area contributed by atoms with E-state index in [4.69, 9.17) is 0 Å². The Morgan fingerprint density at radius 2 is 1.76 bits per heavy atom. The van der Waals surface area contributed by atoms with Gasteiger partial charge in [-0.2, -0.15) is 13.2 Å². The van der Waals surface area contributed by atoms with Crippen LogP contribution in [0.4, 0.5) is 13.2 Å². The number of nitrogens with one attached hydrogen (secondary N) is 3. The zero-order chi connectivity index (χ0) is 24.4. The lowest BCUT2D eigenvalue weighted by molar-refractivity contribution is -0.144. The van der Waals surface area contributed by atoms with Crippen molar-refractivity contribution in [3.05, 3.63) is 65.5 Å². The molecular formula is C21H21F3N4O4S. The maximum Gasteiger partial charge on any atom is 0.449 e. The predicted octanol–water partition coefficient (Wildman–Crippen LogP) is 2.74. The summed E-state index contributed by atoms with van der Waals surface area (Å²) in [6.45, 7) is 1.39. The third kappa shape index (κ3) is 4.70. The van der Waals surface area contributed by atoms with E-state index in [1.165, 1.54) is 38.2 Å². The number of imidazole rings is 1. The second kappa shape index (κ2) is 8.85. The number of carbonyl (C=O) groups excluding carboxylic acids is 2. The van der Waals surface area contributed by atoms with Crippen molar-refractivity contribution in [2.24, 2.45) is 0 Å². The Morgan fingerprint density at radius 1 is 1.09 bits per heavy atom. The molecule has 1 aromatic heterocycles. The molecular weight excluding hydrogens is 461 g/mol. The van der Waals surface area contributed by atoms with Gasteiger partial charge in [0, 0.05) is 12.6 Å². The number of hydrogen-bond acceptors (Lipinski definition) is 5. The molecule has 1 atom stereocenters. The monoisotopic (exact) mass is 482 g/mol. The van der Waals surface area contributed by atoms with Crippen LogP contribution in [-0.4, -0.2) is 43.0 Å². The highest BCUT2D eigenvalue weighted by molar-refractivity contribution is 7.92. The summed E-state index contributed by atoms with van der Waals surface area (Å²) in [7, 11) is -2.77. The van der Waals surface area contributed by atoms with Gasteiger partial charge in [-0.15, -0.1) is 0 Å². The quantitative estimate of drug-likeness (QED) is 0.478. The maximum absolute atomic E-state index is 13.2. The van der Waals surface area contributed by atoms with Crippen molar-refractivity contribution in [3.8, 4) is 0 Å². The van der Waals surface area contributed by atoms with Gasteiger partial charge in [0.05, 0.1) is 23.2 Å². The molecule has 8 nitrogen and oxygen atoms in total. The SMILES string of the molecule is CCS(=O)(=O)C(CC(=O)NC)(NC(=O)c1ccc2[nH]c(C(F)(F)F)nc2c1)c1ccccc1. The first-order valence-corrected chi connectivity index (χ1v) is 11.5. The van der Waals surface area contributed by atoms with Gasteiger partial charge in [-0.1, -0.05) is 37.3 Å². The highest BCUT2D eigenvalue weighted by Gasteiger charge is 2.47. The molecule has 3 N–H and O–H groups in total. The molecule has 3 aromatic rings. The Kier molecular flexibility index (Phi) is 6.50. The molecule has 0 aliphatic carbocycles. The normalized spacial score (nSPS) is 14.0. The number of hydrogen-bond donors (Lipinski definition) is 3. The minimum atomic E-state index is -4.70. The van der Waals surface area contributed by atoms with E-state index in [9.17, 15) is 31.2 Å². The summed E-state index contributed by atoms with van der Waals surface area (Å²) >= 11 is 0. The second-order valence-electron chi connectivity index (χ2n) is 7.22. The molecule has 0 saturated carbocycles. The van der Waals surface area contributed by atoms with E-state index in [0.717, 1.165) is 6.07 Å². The smallest absolute Gasteiger partial charge is 0.359 e. The van der Waals surface area contributed by atoms with E-state index in [0.29, 0.717) is 0 Å². The van der Waals surface area contributed by atoms with Crippen molar-refractivity contribution in [2.45, 2.75) is 24.4 Å². The van der Waals surface area contributed by atoms with E-state index < -0.39 is 44.9 Å². The van der Waals surface area contributed by atoms with E-state index in [1.807, 2.05) is 0 Å². The number of alkyl halides is 3. The minimum Gasteiger partial charge on any atom is -0.359 e. The molecule has 2 aromatic carbocycles. The number of amides is 2. The van der Waals surface area contributed by atoms with Gasteiger partial charge in [-0.05, 0) is 23.8 Å². The Morgan fingerprint density at radius 3 is 2.33 bits per heavy atom. The van der Waals surface area contributed by atoms with Crippen LogP contribution in [0.2, 0.25) is 0 Å². The van der Waals surface area contributed by atoms with Crippen LogP contribution < -0.4 is 10.6 Å². The fourth-order valence-corrected chi connectivity index (χ4v) is 4.98. The van der Waals surface area contributed by atoms with E-state index in [1.54, 1.807) is 18.2 Å². The van der Waals surface area contributed by atoms with Crippen LogP contribution in [-0.2, 0) is 25.7 Å². The lowest BCUT2D eigenvalue weighted by Gasteiger charge is -2.34. The summed E-state index contributed by atoms with van der Waals surface area (Å²) in [5.41, 5.74) is -0.0140. The van der Waals surface area contributed by atoms with E-state index in [2.05, 4.69) is 20.6 Å². The average Bonchev–Trinajstić information content (AvgIpc) is 3.23. The molecule has 2 amide bonds. The summed E-state index contributed by atoms with van der Waals surface area (Å²) in [4.78, 5) is 28.9. The molecule has 33 heavy (non-hydrogen) atoms. The number of fused-ring (bicyclic) bond motifs is 1. The third-order valence-electron chi connectivity index (χ3n) is 5.17. The summed E-state index contributed by atoms with van der Waals surface area (Å²) in [6.07, 6.45) is -5.30. The largest absolute Gasteiger partial charge is 0.449 e. The zero-order valence-electron chi connectivity index (χ0n) is 17.7. The van der Waals surface area contributed by atoms with Gasteiger partial charge in [0.2, 0.25) is 11.7 Å². The molecule has 0 radical (unpaired) electrons. The number of carbonyl (C=O) groups is 2. The van der Waals surface area contributed by atoms with Crippen LogP contribution in [0.1, 0.15) is 35.1 Å². The van der Waals surface area contributed by atoms with Crippen molar-refractivity contribution in [1.29, 1.82) is 0 Å². The summed E-state index contributed by atoms with van der Waals surface area (Å²) < 4.78 is 65.3. The summed E-state index contributed by atoms with van der Waals surface area (Å²) in [5, 5.41) is 4.84. The van der Waals surface area contributed by atoms with Crippen LogP contribution in [0, 0.1) is 0 Å². The zero-order valence-corrected chi connectivity index (χ0v) is 18.5. The Labute approximate surface area is 187 Å². The Hall–Kier alpha value is -3.41. The van der Waals surface area contributed by atoms with Gasteiger partial charge in [0.25, 0.3) is 5.91 Å². The van der Waals surface area contributed by atoms with Crippen molar-refractivity contribution in [3.63, 3.8) is 0 Å². The topological polar surface area (TPSA) is 121 Å². The number of H-pyrrole nitrogens is 1. The Balaban J connectivity index is 2.10. The fraction of sp³-hybridized carbons (Fsp3) is 0.286. The first-order valence-electron chi connectivity index (χ1n) is 9.81. The standard InChI is InChI=1S/C21H21F3N4O4S/c1-3-33(31,32)20(12-17(29)25-2,14-7-5-4-6-8-14)28-18(30)13-9-10-15-16(11-13)27-19(26-15)21(22,23)24/h4-11H,3,12H2,1-2H3,(H,25,29)(H,26,27)(H,28,30). The molecule has 0 spiro atoms. The van der Waals surface area contributed by atoms with Gasteiger partial charge in [-0.25, -0.2) is 13.4 Å². The first-order chi connectivity index (χ1) is 15.4. The van der Waals surface area contributed by atoms with Gasteiger partial charge in [0.15, 0.2) is 14.7 Å². The first kappa shape index (κ1) is 24.2. The van der Waals surface area contributed by atoms with Crippen molar-refractivity contribution in [2.75, 3.05) is 12.8 Å². The maximum atomic E-state index is 13.2. The molecule has 0 saturated heterocycles. The molecule has 1 heterocycles. The Bertz CT molecular complexity index is 1290. The molecule has 0 aliphatic rings. The van der Waals surface area contributed by atoms with Gasteiger partial charge in [0.1, 0.15) is 0 Å². The molecule has 176 valence electrons. The van der Waals surface area contributed by atoms with Crippen LogP contribution in [0.25, 0.3) is 11.0 Å². The number of benzene rings is 2. The molecule has 1 unspecified atom stereocenters. The van der Waals surface area contributed by atoms with E-state index >= 15 is 0 Å². The third-order valence-corrected chi connectivity index (χ3v) is 7.47. The van der Waals surface area contributed by atoms with Crippen LogP contribution in [0.3, 0.4) is 0 Å².